The fourth-order valence-corrected chi connectivity index (χ4v) is 2.53. The molecule has 0 saturated carbocycles. The van der Waals surface area contributed by atoms with E-state index < -0.39 is 11.5 Å². The Morgan fingerprint density at radius 1 is 1.50 bits per heavy atom. The SMILES string of the molecule is CC(C)NC(C)(CCCCOCC1CCOC1)C(=O)O. The van der Waals surface area contributed by atoms with Crippen LogP contribution in [0.2, 0.25) is 0 Å². The molecule has 2 atom stereocenters. The van der Waals surface area contributed by atoms with Crippen LogP contribution in [-0.4, -0.2) is 49.1 Å². The fourth-order valence-electron chi connectivity index (χ4n) is 2.53. The van der Waals surface area contributed by atoms with Crippen LogP contribution >= 0.6 is 0 Å². The molecule has 5 heteroatoms. The third kappa shape index (κ3) is 6.20. The normalized spacial score (nSPS) is 22.1. The zero-order valence-electron chi connectivity index (χ0n) is 13.0. The third-order valence-electron chi connectivity index (χ3n) is 3.67. The molecule has 5 nitrogen and oxygen atoms in total. The fraction of sp³-hybridized carbons (Fsp3) is 0.933. The van der Waals surface area contributed by atoms with E-state index in [0.29, 0.717) is 18.9 Å². The molecule has 0 bridgehead atoms. The number of hydrogen-bond acceptors (Lipinski definition) is 4. The van der Waals surface area contributed by atoms with Crippen molar-refractivity contribution in [3.05, 3.63) is 0 Å². The maximum atomic E-state index is 11.3. The Labute approximate surface area is 122 Å². The number of carboxylic acids is 1. The molecule has 0 aliphatic carbocycles. The van der Waals surface area contributed by atoms with Gasteiger partial charge in [-0.3, -0.25) is 10.1 Å². The monoisotopic (exact) mass is 287 g/mol. The number of nitrogens with one attached hydrogen (secondary N) is 1. The number of carbonyl (C=O) groups is 1. The van der Waals surface area contributed by atoms with Gasteiger partial charge < -0.3 is 14.6 Å². The maximum absolute atomic E-state index is 11.3. The highest BCUT2D eigenvalue weighted by Crippen LogP contribution is 2.16. The lowest BCUT2D eigenvalue weighted by Gasteiger charge is -2.28. The molecule has 1 rings (SSSR count). The summed E-state index contributed by atoms with van der Waals surface area (Å²) in [6.07, 6.45) is 3.46. The Bertz CT molecular complexity index is 290. The predicted molar refractivity (Wildman–Crippen MR) is 77.9 cm³/mol. The zero-order valence-corrected chi connectivity index (χ0v) is 13.0. The molecule has 0 radical (unpaired) electrons. The number of hydrogen-bond donors (Lipinski definition) is 2. The van der Waals surface area contributed by atoms with Crippen LogP contribution in [0.3, 0.4) is 0 Å². The van der Waals surface area contributed by atoms with Crippen LogP contribution in [0, 0.1) is 5.92 Å². The van der Waals surface area contributed by atoms with Crippen LogP contribution in [-0.2, 0) is 14.3 Å². The van der Waals surface area contributed by atoms with Gasteiger partial charge in [-0.1, -0.05) is 0 Å². The summed E-state index contributed by atoms with van der Waals surface area (Å²) in [6.45, 7) is 8.82. The highest BCUT2D eigenvalue weighted by atomic mass is 16.5. The van der Waals surface area contributed by atoms with Gasteiger partial charge in [-0.05, 0) is 46.5 Å². The molecule has 20 heavy (non-hydrogen) atoms. The summed E-state index contributed by atoms with van der Waals surface area (Å²) < 4.78 is 10.9. The van der Waals surface area contributed by atoms with Gasteiger partial charge in [0.2, 0.25) is 0 Å². The summed E-state index contributed by atoms with van der Waals surface area (Å²) in [5.74, 6) is -0.239. The largest absolute Gasteiger partial charge is 0.480 e. The Morgan fingerprint density at radius 3 is 2.80 bits per heavy atom. The maximum Gasteiger partial charge on any atom is 0.323 e. The first kappa shape index (κ1) is 17.4. The smallest absolute Gasteiger partial charge is 0.323 e. The number of ether oxygens (including phenoxy) is 2. The minimum atomic E-state index is -0.840. The molecule has 1 heterocycles. The Balaban J connectivity index is 2.12. The molecular weight excluding hydrogens is 258 g/mol. The summed E-state index contributed by atoms with van der Waals surface area (Å²) in [5, 5.41) is 12.5. The van der Waals surface area contributed by atoms with Gasteiger partial charge >= 0.3 is 5.97 Å². The van der Waals surface area contributed by atoms with Crippen molar-refractivity contribution >= 4 is 5.97 Å². The van der Waals surface area contributed by atoms with Crippen LogP contribution in [0.4, 0.5) is 0 Å². The summed E-state index contributed by atoms with van der Waals surface area (Å²) in [6, 6.07) is 0.162. The van der Waals surface area contributed by atoms with Crippen molar-refractivity contribution in [1.82, 2.24) is 5.32 Å². The van der Waals surface area contributed by atoms with E-state index in [1.807, 2.05) is 13.8 Å². The summed E-state index contributed by atoms with van der Waals surface area (Å²) in [4.78, 5) is 11.3. The lowest BCUT2D eigenvalue weighted by atomic mass is 9.94. The van der Waals surface area contributed by atoms with Gasteiger partial charge in [-0.2, -0.15) is 0 Å². The van der Waals surface area contributed by atoms with E-state index in [0.717, 1.165) is 39.1 Å². The van der Waals surface area contributed by atoms with Gasteiger partial charge in [0.15, 0.2) is 0 Å². The van der Waals surface area contributed by atoms with E-state index in [2.05, 4.69) is 5.32 Å². The first-order chi connectivity index (χ1) is 9.44. The second-order valence-electron chi connectivity index (χ2n) is 6.20. The lowest BCUT2D eigenvalue weighted by Crippen LogP contribution is -2.52. The van der Waals surface area contributed by atoms with Crippen molar-refractivity contribution in [2.24, 2.45) is 5.92 Å². The van der Waals surface area contributed by atoms with Crippen LogP contribution in [0.5, 0.6) is 0 Å². The highest BCUT2D eigenvalue weighted by molar-refractivity contribution is 5.78. The predicted octanol–water partition coefficient (Wildman–Crippen LogP) is 2.05. The average Bonchev–Trinajstić information content (AvgIpc) is 2.85. The van der Waals surface area contributed by atoms with Crippen molar-refractivity contribution < 1.29 is 19.4 Å². The topological polar surface area (TPSA) is 67.8 Å². The second kappa shape index (κ2) is 8.60. The number of unbranched alkanes of at least 4 members (excludes halogenated alkanes) is 1. The Hall–Kier alpha value is -0.650. The molecule has 2 N–H and O–H groups in total. The van der Waals surface area contributed by atoms with Crippen molar-refractivity contribution in [2.45, 2.75) is 58.0 Å². The summed E-state index contributed by atoms with van der Waals surface area (Å²) in [7, 11) is 0. The number of rotatable bonds is 10. The molecule has 0 amide bonds. The molecular formula is C15H29NO4. The van der Waals surface area contributed by atoms with Crippen LogP contribution in [0.15, 0.2) is 0 Å². The van der Waals surface area contributed by atoms with Crippen LogP contribution in [0.1, 0.15) is 46.5 Å². The van der Waals surface area contributed by atoms with E-state index >= 15 is 0 Å². The van der Waals surface area contributed by atoms with E-state index in [-0.39, 0.29) is 6.04 Å². The zero-order chi connectivity index (χ0) is 15.0. The molecule has 0 aromatic carbocycles. The summed E-state index contributed by atoms with van der Waals surface area (Å²) >= 11 is 0. The van der Waals surface area contributed by atoms with Gasteiger partial charge in [-0.15, -0.1) is 0 Å². The number of aliphatic carboxylic acids is 1. The van der Waals surface area contributed by atoms with Crippen molar-refractivity contribution in [1.29, 1.82) is 0 Å². The quantitative estimate of drug-likeness (QED) is 0.602. The average molecular weight is 287 g/mol. The van der Waals surface area contributed by atoms with Crippen LogP contribution in [0.25, 0.3) is 0 Å². The molecule has 0 aromatic rings. The first-order valence-corrected chi connectivity index (χ1v) is 7.60. The highest BCUT2D eigenvalue weighted by Gasteiger charge is 2.32. The minimum Gasteiger partial charge on any atom is -0.480 e. The Morgan fingerprint density at radius 2 is 2.25 bits per heavy atom. The molecule has 1 fully saturated rings. The molecule has 0 aromatic heterocycles. The molecule has 1 aliphatic heterocycles. The van der Waals surface area contributed by atoms with E-state index in [1.54, 1.807) is 6.92 Å². The van der Waals surface area contributed by atoms with Gasteiger partial charge in [0.05, 0.1) is 13.2 Å². The third-order valence-corrected chi connectivity index (χ3v) is 3.67. The molecule has 1 saturated heterocycles. The molecule has 1 aliphatic rings. The van der Waals surface area contributed by atoms with E-state index in [9.17, 15) is 9.90 Å². The molecule has 0 spiro atoms. The van der Waals surface area contributed by atoms with E-state index in [1.165, 1.54) is 0 Å². The van der Waals surface area contributed by atoms with Crippen molar-refractivity contribution in [3.8, 4) is 0 Å². The van der Waals surface area contributed by atoms with Crippen molar-refractivity contribution in [2.75, 3.05) is 26.4 Å². The molecule has 118 valence electrons. The van der Waals surface area contributed by atoms with Gasteiger partial charge in [0, 0.05) is 25.2 Å². The van der Waals surface area contributed by atoms with Gasteiger partial charge in [0.1, 0.15) is 5.54 Å². The lowest BCUT2D eigenvalue weighted by molar-refractivity contribution is -0.144. The molecule has 2 unspecified atom stereocenters. The summed E-state index contributed by atoms with van der Waals surface area (Å²) in [5.41, 5.74) is -0.840. The Kier molecular flexibility index (Phi) is 7.48. The van der Waals surface area contributed by atoms with Crippen molar-refractivity contribution in [3.63, 3.8) is 0 Å². The van der Waals surface area contributed by atoms with Gasteiger partial charge in [-0.25, -0.2) is 0 Å². The van der Waals surface area contributed by atoms with Gasteiger partial charge in [0.25, 0.3) is 0 Å². The minimum absolute atomic E-state index is 0.162. The standard InChI is InChI=1S/C15H29NO4/c1-12(2)16-15(3,14(17)18)7-4-5-8-19-10-13-6-9-20-11-13/h12-13,16H,4-11H2,1-3H3,(H,17,18). The van der Waals surface area contributed by atoms with E-state index in [4.69, 9.17) is 9.47 Å². The second-order valence-corrected chi connectivity index (χ2v) is 6.20. The van der Waals surface area contributed by atoms with Crippen LogP contribution < -0.4 is 5.32 Å². The number of carboxylic acid groups (broad SMARTS) is 1. The first-order valence-electron chi connectivity index (χ1n) is 7.60.